The second-order valence-electron chi connectivity index (χ2n) is 6.53. The molecule has 1 heterocycles. The van der Waals surface area contributed by atoms with E-state index in [0.29, 0.717) is 18.8 Å². The van der Waals surface area contributed by atoms with Crippen molar-refractivity contribution in [2.45, 2.75) is 23.9 Å². The van der Waals surface area contributed by atoms with Crippen LogP contribution in [0.1, 0.15) is 18.4 Å². The van der Waals surface area contributed by atoms with E-state index in [0.717, 1.165) is 31.0 Å². The van der Waals surface area contributed by atoms with Crippen molar-refractivity contribution in [3.05, 3.63) is 54.1 Å². The van der Waals surface area contributed by atoms with E-state index in [1.54, 1.807) is 4.90 Å². The molecule has 1 saturated heterocycles. The quantitative estimate of drug-likeness (QED) is 0.764. The van der Waals surface area contributed by atoms with Gasteiger partial charge in [0.25, 0.3) is 15.9 Å². The van der Waals surface area contributed by atoms with Crippen LogP contribution in [0.2, 0.25) is 0 Å². The van der Waals surface area contributed by atoms with Gasteiger partial charge in [0, 0.05) is 18.8 Å². The molecule has 1 aliphatic heterocycles. The van der Waals surface area contributed by atoms with E-state index in [1.807, 2.05) is 0 Å². The number of ether oxygens (including phenoxy) is 1. The number of amides is 1. The molecule has 2 aromatic rings. The lowest BCUT2D eigenvalue weighted by Gasteiger charge is -2.15. The molecule has 1 fully saturated rings. The summed E-state index contributed by atoms with van der Waals surface area (Å²) < 4.78 is 70.7. The van der Waals surface area contributed by atoms with Gasteiger partial charge in [0.2, 0.25) is 0 Å². The Morgan fingerprint density at radius 1 is 1.07 bits per heavy atom. The lowest BCUT2D eigenvalue weighted by atomic mass is 10.2. The predicted octanol–water partition coefficient (Wildman–Crippen LogP) is 3.51. The van der Waals surface area contributed by atoms with Gasteiger partial charge in [-0.05, 0) is 55.3 Å². The second-order valence-corrected chi connectivity index (χ2v) is 8.21. The van der Waals surface area contributed by atoms with E-state index < -0.39 is 21.8 Å². The second kappa shape index (κ2) is 8.32. The van der Waals surface area contributed by atoms with Crippen LogP contribution in [0.15, 0.2) is 53.4 Å². The molecule has 0 radical (unpaired) electrons. The van der Waals surface area contributed by atoms with Crippen molar-refractivity contribution in [3.63, 3.8) is 0 Å². The molecule has 2 aromatic carbocycles. The number of anilines is 1. The largest absolute Gasteiger partial charge is 0.484 e. The van der Waals surface area contributed by atoms with Crippen LogP contribution in [0.4, 0.5) is 18.9 Å². The average molecular weight is 428 g/mol. The number of benzene rings is 2. The van der Waals surface area contributed by atoms with Crippen molar-refractivity contribution >= 4 is 21.6 Å². The monoisotopic (exact) mass is 428 g/mol. The molecule has 0 aromatic heterocycles. The molecule has 156 valence electrons. The molecule has 29 heavy (non-hydrogen) atoms. The van der Waals surface area contributed by atoms with Crippen LogP contribution in [-0.4, -0.2) is 38.9 Å². The fourth-order valence-electron chi connectivity index (χ4n) is 2.89. The van der Waals surface area contributed by atoms with E-state index in [1.165, 1.54) is 30.3 Å². The van der Waals surface area contributed by atoms with Crippen LogP contribution in [-0.2, 0) is 21.0 Å². The van der Waals surface area contributed by atoms with Crippen molar-refractivity contribution in [1.82, 2.24) is 4.90 Å². The first-order valence-electron chi connectivity index (χ1n) is 8.86. The highest BCUT2D eigenvalue weighted by Gasteiger charge is 2.30. The van der Waals surface area contributed by atoms with Crippen molar-refractivity contribution in [1.29, 1.82) is 0 Å². The summed E-state index contributed by atoms with van der Waals surface area (Å²) in [5.41, 5.74) is -1.15. The Morgan fingerprint density at radius 3 is 2.34 bits per heavy atom. The van der Waals surface area contributed by atoms with Gasteiger partial charge in [0.1, 0.15) is 5.75 Å². The number of carbonyl (C=O) groups is 1. The topological polar surface area (TPSA) is 75.7 Å². The Kier molecular flexibility index (Phi) is 6.02. The summed E-state index contributed by atoms with van der Waals surface area (Å²) in [6, 6.07) is 9.21. The summed E-state index contributed by atoms with van der Waals surface area (Å²) in [7, 11) is -4.08. The third-order valence-electron chi connectivity index (χ3n) is 4.40. The number of hydrogen-bond donors (Lipinski definition) is 1. The zero-order chi connectivity index (χ0) is 21.1. The molecular formula is C19H19F3N2O4S. The molecule has 0 aliphatic carbocycles. The van der Waals surface area contributed by atoms with Gasteiger partial charge in [0.15, 0.2) is 6.61 Å². The van der Waals surface area contributed by atoms with Crippen molar-refractivity contribution < 1.29 is 31.1 Å². The highest BCUT2D eigenvalue weighted by atomic mass is 32.2. The van der Waals surface area contributed by atoms with E-state index in [2.05, 4.69) is 4.72 Å². The third-order valence-corrected chi connectivity index (χ3v) is 5.79. The van der Waals surface area contributed by atoms with Gasteiger partial charge in [-0.25, -0.2) is 8.42 Å². The molecule has 10 heteroatoms. The number of likely N-dealkylation sites (tertiary alicyclic amines) is 1. The summed E-state index contributed by atoms with van der Waals surface area (Å²) in [5, 5.41) is 0. The SMILES string of the molecule is O=C(COc1ccc(S(=O)(=O)Nc2cccc(C(F)(F)F)c2)cc1)N1CCCC1. The highest BCUT2D eigenvalue weighted by molar-refractivity contribution is 7.92. The molecule has 1 amide bonds. The lowest BCUT2D eigenvalue weighted by molar-refractivity contribution is -0.137. The average Bonchev–Trinajstić information content (AvgIpc) is 3.20. The van der Waals surface area contributed by atoms with E-state index in [-0.39, 0.29) is 23.1 Å². The van der Waals surface area contributed by atoms with Gasteiger partial charge < -0.3 is 9.64 Å². The van der Waals surface area contributed by atoms with Gasteiger partial charge in [0.05, 0.1) is 10.5 Å². The molecule has 0 unspecified atom stereocenters. The Balaban J connectivity index is 1.64. The van der Waals surface area contributed by atoms with E-state index >= 15 is 0 Å². The summed E-state index contributed by atoms with van der Waals surface area (Å²) in [5.74, 6) is 0.181. The smallest absolute Gasteiger partial charge is 0.416 e. The first-order valence-corrected chi connectivity index (χ1v) is 10.3. The summed E-state index contributed by atoms with van der Waals surface area (Å²) in [6.07, 6.45) is -2.64. The molecule has 3 rings (SSSR count). The summed E-state index contributed by atoms with van der Waals surface area (Å²) in [6.45, 7) is 1.27. The predicted molar refractivity (Wildman–Crippen MR) is 100 cm³/mol. The molecule has 6 nitrogen and oxygen atoms in total. The Labute approximate surface area is 166 Å². The fraction of sp³-hybridized carbons (Fsp3) is 0.316. The van der Waals surface area contributed by atoms with Gasteiger partial charge in [-0.1, -0.05) is 6.07 Å². The van der Waals surface area contributed by atoms with Gasteiger partial charge in [-0.2, -0.15) is 13.2 Å². The Morgan fingerprint density at radius 2 is 1.72 bits per heavy atom. The number of rotatable bonds is 6. The molecule has 1 N–H and O–H groups in total. The van der Waals surface area contributed by atoms with Crippen LogP contribution in [0, 0.1) is 0 Å². The highest BCUT2D eigenvalue weighted by Crippen LogP contribution is 2.31. The molecule has 0 atom stereocenters. The lowest BCUT2D eigenvalue weighted by Crippen LogP contribution is -2.32. The van der Waals surface area contributed by atoms with Gasteiger partial charge in [-0.3, -0.25) is 9.52 Å². The van der Waals surface area contributed by atoms with Crippen LogP contribution in [0.5, 0.6) is 5.75 Å². The summed E-state index contributed by atoms with van der Waals surface area (Å²) in [4.78, 5) is 13.5. The zero-order valence-electron chi connectivity index (χ0n) is 15.3. The number of alkyl halides is 3. The maximum absolute atomic E-state index is 12.8. The first kappa shape index (κ1) is 21.0. The Bertz CT molecular complexity index is 970. The third kappa shape index (κ3) is 5.41. The van der Waals surface area contributed by atoms with Crippen LogP contribution >= 0.6 is 0 Å². The number of carbonyl (C=O) groups excluding carboxylic acids is 1. The molecule has 1 aliphatic rings. The van der Waals surface area contributed by atoms with E-state index in [4.69, 9.17) is 4.74 Å². The van der Waals surface area contributed by atoms with Crippen LogP contribution in [0.25, 0.3) is 0 Å². The molecule has 0 bridgehead atoms. The van der Waals surface area contributed by atoms with Crippen LogP contribution < -0.4 is 9.46 Å². The minimum Gasteiger partial charge on any atom is -0.484 e. The maximum Gasteiger partial charge on any atom is 0.416 e. The standard InChI is InChI=1S/C19H19F3N2O4S/c20-19(21,22)14-4-3-5-15(12-14)23-29(26,27)17-8-6-16(7-9-17)28-13-18(25)24-10-1-2-11-24/h3-9,12,23H,1-2,10-11,13H2. The number of hydrogen-bond acceptors (Lipinski definition) is 4. The summed E-state index contributed by atoms with van der Waals surface area (Å²) >= 11 is 0. The number of nitrogens with one attached hydrogen (secondary N) is 1. The first-order chi connectivity index (χ1) is 13.6. The van der Waals surface area contributed by atoms with Crippen molar-refractivity contribution in [2.75, 3.05) is 24.4 Å². The molecular weight excluding hydrogens is 409 g/mol. The minimum atomic E-state index is -4.58. The Hall–Kier alpha value is -2.75. The zero-order valence-corrected chi connectivity index (χ0v) is 16.1. The van der Waals surface area contributed by atoms with Gasteiger partial charge in [-0.15, -0.1) is 0 Å². The number of halogens is 3. The van der Waals surface area contributed by atoms with Crippen molar-refractivity contribution in [2.24, 2.45) is 0 Å². The minimum absolute atomic E-state index is 0.134. The molecule has 0 saturated carbocycles. The van der Waals surface area contributed by atoms with Crippen LogP contribution in [0.3, 0.4) is 0 Å². The maximum atomic E-state index is 12.8. The van der Waals surface area contributed by atoms with Crippen molar-refractivity contribution in [3.8, 4) is 5.75 Å². The normalized spacial score (nSPS) is 14.7. The molecule has 0 spiro atoms. The van der Waals surface area contributed by atoms with E-state index in [9.17, 15) is 26.4 Å². The number of nitrogens with zero attached hydrogens (tertiary/aromatic N) is 1. The number of sulfonamides is 1. The van der Waals surface area contributed by atoms with Gasteiger partial charge >= 0.3 is 6.18 Å². The fourth-order valence-corrected chi connectivity index (χ4v) is 3.94.